The molecule has 0 spiro atoms. The van der Waals surface area contributed by atoms with Crippen molar-refractivity contribution in [3.8, 4) is 17.3 Å². The van der Waals surface area contributed by atoms with Crippen LogP contribution in [-0.2, 0) is 35.3 Å². The first-order valence-corrected chi connectivity index (χ1v) is 23.1. The molecule has 4 aromatic rings. The number of allylic oxidation sites excluding steroid dienone is 1. The number of alkyl carbamates (subject to hydrolysis) is 1. The van der Waals surface area contributed by atoms with Gasteiger partial charge >= 0.3 is 12.3 Å². The molecular formula is C44H47F3N6O9S. The van der Waals surface area contributed by atoms with Gasteiger partial charge in [-0.15, -0.1) is 0 Å². The largest absolute Gasteiger partial charge is 0.470 e. The lowest BCUT2D eigenvalue weighted by atomic mass is 10.0. The van der Waals surface area contributed by atoms with E-state index in [4.69, 9.17) is 13.9 Å². The number of aromatic nitrogens is 2. The van der Waals surface area contributed by atoms with Crippen LogP contribution >= 0.6 is 0 Å². The Balaban J connectivity index is 1.05. The van der Waals surface area contributed by atoms with Gasteiger partial charge in [-0.05, 0) is 88.5 Å². The molecule has 15 nitrogen and oxygen atoms in total. The minimum Gasteiger partial charge on any atom is -0.470 e. The van der Waals surface area contributed by atoms with Gasteiger partial charge in [0.2, 0.25) is 27.4 Å². The number of carbonyl (C=O) groups excluding carboxylic acids is 4. The number of halogens is 3. The highest BCUT2D eigenvalue weighted by Gasteiger charge is 2.62. The number of carbonyl (C=O) groups is 4. The van der Waals surface area contributed by atoms with Gasteiger partial charge in [-0.25, -0.2) is 18.2 Å². The second kappa shape index (κ2) is 16.8. The molecule has 5 aliphatic rings. The number of nitrogens with zero attached hydrogens (tertiary/aromatic N) is 3. The van der Waals surface area contributed by atoms with E-state index in [2.05, 4.69) is 25.3 Å². The molecule has 63 heavy (non-hydrogen) atoms. The number of fused-ring (bicyclic) bond motifs is 5. The van der Waals surface area contributed by atoms with E-state index in [9.17, 15) is 40.8 Å². The molecule has 4 heterocycles. The third-order valence-corrected chi connectivity index (χ3v) is 14.5. The van der Waals surface area contributed by atoms with E-state index >= 15 is 0 Å². The van der Waals surface area contributed by atoms with E-state index in [0.29, 0.717) is 61.4 Å². The van der Waals surface area contributed by atoms with Crippen LogP contribution in [0, 0.1) is 5.92 Å². The molecule has 0 radical (unpaired) electrons. The third kappa shape index (κ3) is 8.93. The molecular weight excluding hydrogens is 846 g/mol. The Morgan fingerprint density at radius 1 is 0.921 bits per heavy atom. The summed E-state index contributed by atoms with van der Waals surface area (Å²) in [5.74, 6) is -2.73. The Labute approximate surface area is 360 Å². The SMILES string of the molecule is O=C(N[C@H]1CCCCC/C=C\[C@H]2C[C@@]2(C(=O)NS(=O)(=O)C2CC2)NC(=O)[C@@H]2C[C@@H](Oc3nc(-c4ccc(C(F)(F)F)cc4)nc4c3oc3ccccc34)CN2C1=O)OC1CCCC1. The van der Waals surface area contributed by atoms with Crippen molar-refractivity contribution in [2.24, 2.45) is 5.92 Å². The zero-order valence-corrected chi connectivity index (χ0v) is 35.0. The molecule has 0 unspecified atom stereocenters. The second-order valence-electron chi connectivity index (χ2n) is 17.2. The Bertz CT molecular complexity index is 2570. The number of rotatable bonds is 8. The number of para-hydroxylation sites is 1. The van der Waals surface area contributed by atoms with Crippen molar-refractivity contribution in [2.45, 2.75) is 125 Å². The van der Waals surface area contributed by atoms with E-state index < -0.39 is 80.5 Å². The van der Waals surface area contributed by atoms with Crippen molar-refractivity contribution in [3.63, 3.8) is 0 Å². The fourth-order valence-electron chi connectivity index (χ4n) is 8.92. The smallest absolute Gasteiger partial charge is 0.416 e. The van der Waals surface area contributed by atoms with Gasteiger partial charge in [0.05, 0.1) is 17.4 Å². The van der Waals surface area contributed by atoms with E-state index in [1.54, 1.807) is 24.3 Å². The molecule has 3 aliphatic carbocycles. The molecule has 9 rings (SSSR count). The van der Waals surface area contributed by atoms with Gasteiger partial charge in [-0.3, -0.25) is 19.1 Å². The molecule has 2 aromatic heterocycles. The van der Waals surface area contributed by atoms with Crippen LogP contribution in [0.25, 0.3) is 33.5 Å². The molecule has 4 fully saturated rings. The lowest BCUT2D eigenvalue weighted by Crippen LogP contribution is -2.58. The standard InChI is InChI=1S/C44H47F3N6O9S/c45-44(46,47)26-18-16-25(17-19-26)37-49-35-31-13-8-9-15-34(31)62-36(35)39(50-37)60-29-22-33-38(54)51-43(41(56)52-63(58,59)30-20-21-30)23-27(43)10-4-2-1-3-5-14-32(40(55)53(33)24-29)48-42(57)61-28-11-6-7-12-28/h4,8-10,13,15-19,27-30,32-33H,1-3,5-7,11-12,14,20-24H2,(H,48,57)(H,51,54)(H,52,56)/b10-4-/t27-,29+,32-,33-,43+/m0/s1. The van der Waals surface area contributed by atoms with Crippen molar-refractivity contribution in [1.29, 1.82) is 0 Å². The number of ether oxygens (including phenoxy) is 2. The number of hydrogen-bond donors (Lipinski definition) is 3. The average molecular weight is 893 g/mol. The van der Waals surface area contributed by atoms with Crippen LogP contribution in [0.15, 0.2) is 65.1 Å². The van der Waals surface area contributed by atoms with E-state index in [0.717, 1.165) is 31.4 Å². The number of alkyl halides is 3. The van der Waals surface area contributed by atoms with Crippen LogP contribution in [-0.4, -0.2) is 88.7 Å². The molecule has 5 atom stereocenters. The predicted molar refractivity (Wildman–Crippen MR) is 221 cm³/mol. The molecule has 3 saturated carbocycles. The molecule has 334 valence electrons. The topological polar surface area (TPSA) is 199 Å². The van der Waals surface area contributed by atoms with Crippen LogP contribution < -0.4 is 20.1 Å². The van der Waals surface area contributed by atoms with Crippen molar-refractivity contribution < 1.29 is 54.7 Å². The lowest BCUT2D eigenvalue weighted by Gasteiger charge is -2.30. The van der Waals surface area contributed by atoms with E-state index in [-0.39, 0.29) is 54.8 Å². The summed E-state index contributed by atoms with van der Waals surface area (Å²) in [7, 11) is -3.97. The lowest BCUT2D eigenvalue weighted by molar-refractivity contribution is -0.141. The number of furan rings is 1. The van der Waals surface area contributed by atoms with Crippen molar-refractivity contribution in [2.75, 3.05) is 6.54 Å². The van der Waals surface area contributed by atoms with Gasteiger partial charge in [0.25, 0.3) is 11.8 Å². The predicted octanol–water partition coefficient (Wildman–Crippen LogP) is 6.45. The van der Waals surface area contributed by atoms with Gasteiger partial charge in [0.15, 0.2) is 5.82 Å². The van der Waals surface area contributed by atoms with Crippen molar-refractivity contribution in [3.05, 3.63) is 66.2 Å². The molecule has 0 bridgehead atoms. The normalized spacial score (nSPS) is 26.6. The van der Waals surface area contributed by atoms with E-state index in [1.165, 1.54) is 17.0 Å². The van der Waals surface area contributed by atoms with Crippen molar-refractivity contribution >= 4 is 55.9 Å². The number of hydrogen-bond acceptors (Lipinski definition) is 11. The first-order chi connectivity index (χ1) is 30.2. The number of benzene rings is 2. The number of amides is 4. The van der Waals surface area contributed by atoms with Crippen LogP contribution in [0.3, 0.4) is 0 Å². The molecule has 2 aliphatic heterocycles. The maximum Gasteiger partial charge on any atom is 0.416 e. The first kappa shape index (κ1) is 42.6. The highest BCUT2D eigenvalue weighted by molar-refractivity contribution is 7.91. The summed E-state index contributed by atoms with van der Waals surface area (Å²) in [4.78, 5) is 67.0. The summed E-state index contributed by atoms with van der Waals surface area (Å²) in [6, 6.07) is 8.99. The molecule has 3 N–H and O–H groups in total. The van der Waals surface area contributed by atoms with Crippen LogP contribution in [0.1, 0.15) is 89.0 Å². The second-order valence-corrected chi connectivity index (χ2v) is 19.2. The van der Waals surface area contributed by atoms with Gasteiger partial charge < -0.3 is 29.4 Å². The van der Waals surface area contributed by atoms with Crippen LogP contribution in [0.4, 0.5) is 18.0 Å². The quantitative estimate of drug-likeness (QED) is 0.164. The Morgan fingerprint density at radius 3 is 2.41 bits per heavy atom. The highest BCUT2D eigenvalue weighted by atomic mass is 32.2. The molecule has 2 aromatic carbocycles. The third-order valence-electron chi connectivity index (χ3n) is 12.6. The summed E-state index contributed by atoms with van der Waals surface area (Å²) in [5, 5.41) is 5.50. The maximum atomic E-state index is 14.7. The summed E-state index contributed by atoms with van der Waals surface area (Å²) in [5.41, 5.74) is -1.32. The zero-order chi connectivity index (χ0) is 44.1. The van der Waals surface area contributed by atoms with Crippen LogP contribution in [0.2, 0.25) is 0 Å². The van der Waals surface area contributed by atoms with Gasteiger partial charge in [-0.1, -0.05) is 49.3 Å². The Kier molecular flexibility index (Phi) is 11.3. The van der Waals surface area contributed by atoms with Gasteiger partial charge in [-0.2, -0.15) is 18.2 Å². The van der Waals surface area contributed by atoms with Crippen LogP contribution in [0.5, 0.6) is 5.88 Å². The summed E-state index contributed by atoms with van der Waals surface area (Å²) < 4.78 is 86.9. The van der Waals surface area contributed by atoms with Gasteiger partial charge in [0, 0.05) is 23.3 Å². The number of sulfonamides is 1. The Morgan fingerprint density at radius 2 is 1.67 bits per heavy atom. The highest BCUT2D eigenvalue weighted by Crippen LogP contribution is 2.46. The summed E-state index contributed by atoms with van der Waals surface area (Å²) >= 11 is 0. The van der Waals surface area contributed by atoms with Gasteiger partial charge in [0.1, 0.15) is 40.9 Å². The molecule has 1 saturated heterocycles. The zero-order valence-electron chi connectivity index (χ0n) is 34.2. The molecule has 19 heteroatoms. The fourth-order valence-corrected chi connectivity index (χ4v) is 10.3. The van der Waals surface area contributed by atoms with Crippen molar-refractivity contribution in [1.82, 2.24) is 30.2 Å². The summed E-state index contributed by atoms with van der Waals surface area (Å²) in [6.45, 7) is -0.188. The van der Waals surface area contributed by atoms with E-state index in [1.807, 2.05) is 12.2 Å². The first-order valence-electron chi connectivity index (χ1n) is 21.5. The maximum absolute atomic E-state index is 14.7. The number of nitrogens with one attached hydrogen (secondary N) is 3. The fraction of sp³-hybridized carbons (Fsp3) is 0.500. The Hall–Kier alpha value is -5.72. The minimum absolute atomic E-state index is 0.0337. The monoisotopic (exact) mass is 892 g/mol. The minimum atomic E-state index is -4.57. The average Bonchev–Trinajstić information content (AvgIpc) is 4.06. The summed E-state index contributed by atoms with van der Waals surface area (Å²) in [6.07, 6.45) is 4.23. The molecule has 4 amide bonds.